The number of thiazole rings is 1. The average Bonchev–Trinajstić information content (AvgIpc) is 3.02. The average molecular weight is 478 g/mol. The van der Waals surface area contributed by atoms with Gasteiger partial charge in [-0.1, -0.05) is 11.6 Å². The van der Waals surface area contributed by atoms with Crippen molar-refractivity contribution in [1.29, 1.82) is 0 Å². The monoisotopic (exact) mass is 477 g/mol. The predicted octanol–water partition coefficient (Wildman–Crippen LogP) is 3.86. The number of benzene rings is 1. The van der Waals surface area contributed by atoms with Gasteiger partial charge < -0.3 is 15.4 Å². The van der Waals surface area contributed by atoms with Gasteiger partial charge in [-0.3, -0.25) is 9.59 Å². The molecule has 0 radical (unpaired) electrons. The second-order valence-corrected chi connectivity index (χ2v) is 9.48. The number of carbonyl (C=O) groups excluding carboxylic acids is 2. The summed E-state index contributed by atoms with van der Waals surface area (Å²) in [5.41, 5.74) is -2.33. The number of ether oxygens (including phenoxy) is 1. The maximum absolute atomic E-state index is 13.4. The normalized spacial score (nSPS) is 24.1. The summed E-state index contributed by atoms with van der Waals surface area (Å²) in [5, 5.41) is 5.56. The van der Waals surface area contributed by atoms with Gasteiger partial charge in [-0.15, -0.1) is 11.3 Å². The lowest BCUT2D eigenvalue weighted by Crippen LogP contribution is -2.84. The van der Waals surface area contributed by atoms with Crippen LogP contribution in [0.25, 0.3) is 0 Å². The third-order valence-corrected chi connectivity index (χ3v) is 6.56. The second-order valence-electron chi connectivity index (χ2n) is 7.87. The molecule has 2 aromatic rings. The van der Waals surface area contributed by atoms with Crippen molar-refractivity contribution in [3.63, 3.8) is 0 Å². The first kappa shape index (κ1) is 21.8. The largest absolute Gasteiger partial charge is 0.484 e. The Kier molecular flexibility index (Phi) is 5.16. The number of aryl methyl sites for hydroxylation is 1. The number of carbonyl (C=O) groups is 2. The molecule has 31 heavy (non-hydrogen) atoms. The van der Waals surface area contributed by atoms with Gasteiger partial charge in [0.15, 0.2) is 12.3 Å². The molecule has 3 aliphatic carbocycles. The van der Waals surface area contributed by atoms with Gasteiger partial charge in [-0.25, -0.2) is 9.37 Å². The lowest BCUT2D eigenvalue weighted by Gasteiger charge is -2.70. The molecule has 2 N–H and O–H groups in total. The Morgan fingerprint density at radius 3 is 2.48 bits per heavy atom. The van der Waals surface area contributed by atoms with E-state index in [1.54, 1.807) is 0 Å². The van der Waals surface area contributed by atoms with Crippen LogP contribution in [0.1, 0.15) is 39.6 Å². The van der Waals surface area contributed by atoms with E-state index in [1.807, 2.05) is 0 Å². The summed E-state index contributed by atoms with van der Waals surface area (Å²) in [4.78, 5) is 27.5. The molecule has 0 unspecified atom stereocenters. The molecule has 3 aliphatic rings. The fourth-order valence-electron chi connectivity index (χ4n) is 4.17. The van der Waals surface area contributed by atoms with E-state index in [9.17, 15) is 27.2 Å². The third-order valence-electron chi connectivity index (χ3n) is 5.28. The molecule has 0 aliphatic heterocycles. The van der Waals surface area contributed by atoms with Gasteiger partial charge in [-0.05, 0) is 38.3 Å². The van der Waals surface area contributed by atoms with Gasteiger partial charge in [0.05, 0.1) is 10.0 Å². The molecule has 3 fully saturated rings. The minimum absolute atomic E-state index is 0.0612. The van der Waals surface area contributed by atoms with Crippen molar-refractivity contribution in [3.05, 3.63) is 44.6 Å². The fraction of sp³-hybridized carbons (Fsp3) is 0.421. The van der Waals surface area contributed by atoms with E-state index in [0.717, 1.165) is 6.07 Å². The van der Waals surface area contributed by atoms with Crippen LogP contribution in [0.4, 0.5) is 17.6 Å². The zero-order chi connectivity index (χ0) is 22.6. The van der Waals surface area contributed by atoms with E-state index in [1.165, 1.54) is 19.1 Å². The van der Waals surface area contributed by atoms with Crippen LogP contribution in [0, 0.1) is 12.7 Å². The molecule has 2 amide bonds. The number of nitrogens with one attached hydrogen (secondary N) is 2. The Morgan fingerprint density at radius 1 is 1.23 bits per heavy atom. The van der Waals surface area contributed by atoms with Crippen LogP contribution in [0.3, 0.4) is 0 Å². The Balaban J connectivity index is 1.28. The van der Waals surface area contributed by atoms with E-state index in [2.05, 4.69) is 15.6 Å². The molecule has 6 nitrogen and oxygen atoms in total. The highest BCUT2D eigenvalue weighted by Gasteiger charge is 2.69. The SMILES string of the molecule is Cc1nc(C(F)(F)F)c(C(=O)NC23CC(NC(=O)COc4ccc(Cl)c(F)c4)(C2)C3)s1. The Labute approximate surface area is 182 Å². The predicted molar refractivity (Wildman–Crippen MR) is 104 cm³/mol. The number of nitrogens with zero attached hydrogens (tertiary/aromatic N) is 1. The maximum Gasteiger partial charge on any atom is 0.435 e. The molecule has 2 bridgehead atoms. The lowest BCUT2D eigenvalue weighted by molar-refractivity contribution is -0.143. The van der Waals surface area contributed by atoms with Crippen LogP contribution in [-0.2, 0) is 11.0 Å². The van der Waals surface area contributed by atoms with Crippen LogP contribution < -0.4 is 15.4 Å². The molecule has 1 aromatic heterocycles. The number of amides is 2. The summed E-state index contributed by atoms with van der Waals surface area (Å²) >= 11 is 6.28. The highest BCUT2D eigenvalue weighted by Crippen LogP contribution is 2.60. The number of halogens is 5. The van der Waals surface area contributed by atoms with Crippen LogP contribution in [0.15, 0.2) is 18.2 Å². The van der Waals surface area contributed by atoms with Crippen LogP contribution >= 0.6 is 22.9 Å². The van der Waals surface area contributed by atoms with Crippen molar-refractivity contribution in [2.75, 3.05) is 6.61 Å². The highest BCUT2D eigenvalue weighted by molar-refractivity contribution is 7.13. The zero-order valence-electron chi connectivity index (χ0n) is 16.0. The second kappa shape index (κ2) is 7.33. The van der Waals surface area contributed by atoms with E-state index < -0.39 is 45.5 Å². The smallest absolute Gasteiger partial charge is 0.435 e. The molecule has 0 saturated heterocycles. The van der Waals surface area contributed by atoms with E-state index in [-0.39, 0.29) is 22.4 Å². The van der Waals surface area contributed by atoms with Gasteiger partial charge in [0.25, 0.3) is 11.8 Å². The summed E-state index contributed by atoms with van der Waals surface area (Å²) in [5.74, 6) is -1.75. The Hall–Kier alpha value is -2.40. The van der Waals surface area contributed by atoms with E-state index in [4.69, 9.17) is 16.3 Å². The molecular weight excluding hydrogens is 462 g/mol. The summed E-state index contributed by atoms with van der Waals surface area (Å²) in [6, 6.07) is 3.81. The topological polar surface area (TPSA) is 80.3 Å². The zero-order valence-corrected chi connectivity index (χ0v) is 17.6. The standard InChI is InChI=1S/C19H16ClF4N3O3S/c1-9-25-15(19(22,23)24)14(31-9)16(29)27-18-6-17(7-18,8-18)26-13(28)5-30-10-2-3-11(20)12(21)4-10/h2-4H,5-8H2,1H3,(H,26,28)(H,27,29). The Bertz CT molecular complexity index is 1050. The number of hydrogen-bond acceptors (Lipinski definition) is 5. The van der Waals surface area contributed by atoms with Crippen molar-refractivity contribution >= 4 is 34.8 Å². The molecule has 12 heteroatoms. The molecule has 0 atom stereocenters. The highest BCUT2D eigenvalue weighted by atomic mass is 35.5. The van der Waals surface area contributed by atoms with Gasteiger partial charge in [0.1, 0.15) is 16.4 Å². The number of hydrogen-bond donors (Lipinski definition) is 2. The van der Waals surface area contributed by atoms with Gasteiger partial charge in [0, 0.05) is 17.1 Å². The van der Waals surface area contributed by atoms with E-state index in [0.29, 0.717) is 30.6 Å². The van der Waals surface area contributed by atoms with Gasteiger partial charge in [0.2, 0.25) is 0 Å². The molecule has 1 heterocycles. The summed E-state index contributed by atoms with van der Waals surface area (Å²) in [6.07, 6.45) is -3.48. The van der Waals surface area contributed by atoms with Gasteiger partial charge in [-0.2, -0.15) is 13.2 Å². The summed E-state index contributed by atoms with van der Waals surface area (Å²) < 4.78 is 57.9. The molecule has 166 valence electrons. The van der Waals surface area contributed by atoms with Crippen LogP contribution in [0.2, 0.25) is 5.02 Å². The molecule has 1 aromatic carbocycles. The van der Waals surface area contributed by atoms with Crippen molar-refractivity contribution in [1.82, 2.24) is 15.6 Å². The Morgan fingerprint density at radius 2 is 1.87 bits per heavy atom. The van der Waals surface area contributed by atoms with Crippen LogP contribution in [-0.4, -0.2) is 34.5 Å². The molecule has 5 rings (SSSR count). The van der Waals surface area contributed by atoms with Crippen molar-refractivity contribution < 1.29 is 31.9 Å². The number of alkyl halides is 3. The van der Waals surface area contributed by atoms with Crippen molar-refractivity contribution in [2.45, 2.75) is 43.4 Å². The first-order valence-electron chi connectivity index (χ1n) is 9.16. The minimum atomic E-state index is -4.71. The van der Waals surface area contributed by atoms with E-state index >= 15 is 0 Å². The van der Waals surface area contributed by atoms with Crippen molar-refractivity contribution in [2.24, 2.45) is 0 Å². The number of rotatable bonds is 6. The van der Waals surface area contributed by atoms with Crippen LogP contribution in [0.5, 0.6) is 5.75 Å². The minimum Gasteiger partial charge on any atom is -0.484 e. The third kappa shape index (κ3) is 4.20. The molecule has 3 saturated carbocycles. The lowest BCUT2D eigenvalue weighted by atomic mass is 9.44. The summed E-state index contributed by atoms with van der Waals surface area (Å²) in [7, 11) is 0. The quantitative estimate of drug-likeness (QED) is 0.619. The fourth-order valence-corrected chi connectivity index (χ4v) is 5.12. The molecule has 0 spiro atoms. The van der Waals surface area contributed by atoms with Crippen molar-refractivity contribution in [3.8, 4) is 5.75 Å². The summed E-state index contributed by atoms with van der Waals surface area (Å²) in [6.45, 7) is 1.07. The molecular formula is C19H16ClF4N3O3S. The maximum atomic E-state index is 13.4. The first-order chi connectivity index (χ1) is 14.4. The number of aromatic nitrogens is 1. The first-order valence-corrected chi connectivity index (χ1v) is 10.4. The van der Waals surface area contributed by atoms with Gasteiger partial charge >= 0.3 is 6.18 Å².